The first-order valence-electron chi connectivity index (χ1n) is 10.6. The van der Waals surface area contributed by atoms with Crippen LogP contribution in [-0.2, 0) is 26.3 Å². The molecule has 0 unspecified atom stereocenters. The Hall–Kier alpha value is -1.52. The van der Waals surface area contributed by atoms with E-state index in [2.05, 4.69) is 5.32 Å². The summed E-state index contributed by atoms with van der Waals surface area (Å²) in [6.45, 7) is 10.8. The van der Waals surface area contributed by atoms with Crippen molar-refractivity contribution in [1.29, 1.82) is 0 Å². The van der Waals surface area contributed by atoms with Gasteiger partial charge in [0.1, 0.15) is 0 Å². The fraction of sp³-hybridized carbons (Fsp3) is 0.667. The van der Waals surface area contributed by atoms with Gasteiger partial charge in [-0.2, -0.15) is 17.0 Å². The molecule has 0 spiro atoms. The number of amides is 1. The van der Waals surface area contributed by atoms with Crippen LogP contribution in [0, 0.1) is 6.92 Å². The average molecular weight is 439 g/mol. The van der Waals surface area contributed by atoms with Gasteiger partial charge in [0, 0.05) is 45.8 Å². The number of nitrogens with zero attached hydrogens (tertiary/aromatic N) is 3. The normalized spacial score (nSPS) is 25.7. The van der Waals surface area contributed by atoms with Crippen molar-refractivity contribution in [3.63, 3.8) is 0 Å². The maximum atomic E-state index is 13.0. The van der Waals surface area contributed by atoms with Crippen LogP contribution in [0.4, 0.5) is 0 Å². The van der Waals surface area contributed by atoms with E-state index in [4.69, 9.17) is 4.74 Å². The van der Waals surface area contributed by atoms with Crippen molar-refractivity contribution in [2.45, 2.75) is 52.5 Å². The summed E-state index contributed by atoms with van der Waals surface area (Å²) in [5, 5.41) is 2.98. The van der Waals surface area contributed by atoms with Crippen molar-refractivity contribution >= 4 is 16.1 Å². The minimum Gasteiger partial charge on any atom is -0.373 e. The standard InChI is InChI=1S/C21H34N4O4S/c1-16-5-7-20(8-6-16)13-22-21(26)19(4)23-9-11-24(12-10-23)30(27,28)25-14-17(2)29-18(3)15-25/h5-8,17-19H,9-15H2,1-4H3,(H,22,26)/t17-,18-,19+/m1/s1. The van der Waals surface area contributed by atoms with Gasteiger partial charge in [-0.15, -0.1) is 0 Å². The molecule has 0 bridgehead atoms. The number of hydrogen-bond acceptors (Lipinski definition) is 5. The number of hydrogen-bond donors (Lipinski definition) is 1. The van der Waals surface area contributed by atoms with Gasteiger partial charge < -0.3 is 10.1 Å². The number of morpholine rings is 1. The van der Waals surface area contributed by atoms with Crippen molar-refractivity contribution in [1.82, 2.24) is 18.8 Å². The number of nitrogens with one attached hydrogen (secondary N) is 1. The molecule has 0 aliphatic carbocycles. The highest BCUT2D eigenvalue weighted by molar-refractivity contribution is 7.86. The Morgan fingerprint density at radius 1 is 1.07 bits per heavy atom. The van der Waals surface area contributed by atoms with Crippen molar-refractivity contribution in [2.75, 3.05) is 39.3 Å². The third-order valence-electron chi connectivity index (χ3n) is 5.83. The summed E-state index contributed by atoms with van der Waals surface area (Å²) in [4.78, 5) is 14.6. The molecule has 2 fully saturated rings. The van der Waals surface area contributed by atoms with Gasteiger partial charge in [-0.25, -0.2) is 0 Å². The summed E-state index contributed by atoms with van der Waals surface area (Å²) in [5.41, 5.74) is 2.25. The molecule has 0 radical (unpaired) electrons. The number of rotatable bonds is 6. The van der Waals surface area contributed by atoms with Crippen molar-refractivity contribution in [2.24, 2.45) is 0 Å². The second kappa shape index (κ2) is 9.74. The maximum absolute atomic E-state index is 13.0. The van der Waals surface area contributed by atoms with Gasteiger partial charge in [0.2, 0.25) is 5.91 Å². The smallest absolute Gasteiger partial charge is 0.282 e. The zero-order valence-corrected chi connectivity index (χ0v) is 19.2. The van der Waals surface area contributed by atoms with Crippen LogP contribution in [-0.4, -0.2) is 85.4 Å². The van der Waals surface area contributed by atoms with Gasteiger partial charge in [-0.3, -0.25) is 9.69 Å². The summed E-state index contributed by atoms with van der Waals surface area (Å²) in [5.74, 6) is -0.0392. The van der Waals surface area contributed by atoms with E-state index in [1.165, 1.54) is 14.2 Å². The Kier molecular flexibility index (Phi) is 7.52. The monoisotopic (exact) mass is 438 g/mol. The quantitative estimate of drug-likeness (QED) is 0.716. The first kappa shape index (κ1) is 23.1. The Bertz CT molecular complexity index is 812. The number of aryl methyl sites for hydroxylation is 1. The fourth-order valence-corrected chi connectivity index (χ4v) is 5.76. The lowest BCUT2D eigenvalue weighted by Gasteiger charge is -2.41. The van der Waals surface area contributed by atoms with Crippen LogP contribution in [0.15, 0.2) is 24.3 Å². The lowest BCUT2D eigenvalue weighted by molar-refractivity contribution is -0.126. The highest BCUT2D eigenvalue weighted by Gasteiger charge is 2.37. The number of benzene rings is 1. The minimum absolute atomic E-state index is 0.0392. The second-order valence-electron chi connectivity index (χ2n) is 8.40. The molecule has 3 atom stereocenters. The van der Waals surface area contributed by atoms with Crippen LogP contribution in [0.3, 0.4) is 0 Å². The second-order valence-corrected chi connectivity index (χ2v) is 10.3. The predicted octanol–water partition coefficient (Wildman–Crippen LogP) is 0.971. The molecule has 1 aromatic carbocycles. The molecule has 2 heterocycles. The van der Waals surface area contributed by atoms with Crippen LogP contribution in [0.5, 0.6) is 0 Å². The van der Waals surface area contributed by atoms with E-state index in [9.17, 15) is 13.2 Å². The Labute approximate surface area is 180 Å². The average Bonchev–Trinajstić information content (AvgIpc) is 2.72. The summed E-state index contributed by atoms with van der Waals surface area (Å²) >= 11 is 0. The third kappa shape index (κ3) is 5.59. The highest BCUT2D eigenvalue weighted by Crippen LogP contribution is 2.19. The van der Waals surface area contributed by atoms with Gasteiger partial charge in [0.05, 0.1) is 18.2 Å². The first-order valence-corrected chi connectivity index (χ1v) is 12.0. The van der Waals surface area contributed by atoms with Crippen molar-refractivity contribution < 1.29 is 17.9 Å². The molecule has 9 heteroatoms. The molecule has 30 heavy (non-hydrogen) atoms. The van der Waals surface area contributed by atoms with E-state index < -0.39 is 10.2 Å². The largest absolute Gasteiger partial charge is 0.373 e. The third-order valence-corrected chi connectivity index (χ3v) is 7.79. The lowest BCUT2D eigenvalue weighted by Crippen LogP contribution is -2.59. The Morgan fingerprint density at radius 2 is 1.63 bits per heavy atom. The first-order chi connectivity index (χ1) is 14.2. The SMILES string of the molecule is Cc1ccc(CNC(=O)[C@H](C)N2CCN(S(=O)(=O)N3C[C@@H](C)O[C@H](C)C3)CC2)cc1. The topological polar surface area (TPSA) is 82.2 Å². The molecule has 0 saturated carbocycles. The van der Waals surface area contributed by atoms with Gasteiger partial charge in [-0.1, -0.05) is 29.8 Å². The summed E-state index contributed by atoms with van der Waals surface area (Å²) in [6, 6.07) is 7.78. The molecule has 3 rings (SSSR count). The van der Waals surface area contributed by atoms with Gasteiger partial charge in [-0.05, 0) is 33.3 Å². The molecule has 1 amide bonds. The summed E-state index contributed by atoms with van der Waals surface area (Å²) in [7, 11) is -3.51. The number of carbonyl (C=O) groups excluding carboxylic acids is 1. The number of ether oxygens (including phenoxy) is 1. The Morgan fingerprint density at radius 3 is 2.20 bits per heavy atom. The zero-order valence-electron chi connectivity index (χ0n) is 18.4. The number of carbonyl (C=O) groups is 1. The lowest BCUT2D eigenvalue weighted by atomic mass is 10.1. The summed E-state index contributed by atoms with van der Waals surface area (Å²) < 4.78 is 34.8. The predicted molar refractivity (Wildman–Crippen MR) is 116 cm³/mol. The molecule has 8 nitrogen and oxygen atoms in total. The van der Waals surface area contributed by atoms with Crippen LogP contribution in [0.2, 0.25) is 0 Å². The van der Waals surface area contributed by atoms with Crippen LogP contribution in [0.1, 0.15) is 31.9 Å². The molecule has 0 aromatic heterocycles. The molecule has 168 valence electrons. The van der Waals surface area contributed by atoms with E-state index >= 15 is 0 Å². The molecule has 1 aromatic rings. The van der Waals surface area contributed by atoms with E-state index in [1.807, 2.05) is 56.9 Å². The number of piperazine rings is 1. The van der Waals surface area contributed by atoms with Gasteiger partial charge in [0.25, 0.3) is 10.2 Å². The zero-order chi connectivity index (χ0) is 21.9. The fourth-order valence-electron chi connectivity index (χ4n) is 4.01. The van der Waals surface area contributed by atoms with Crippen LogP contribution >= 0.6 is 0 Å². The highest BCUT2D eigenvalue weighted by atomic mass is 32.2. The molecular formula is C21H34N4O4S. The van der Waals surface area contributed by atoms with Crippen molar-refractivity contribution in [3.05, 3.63) is 35.4 Å². The van der Waals surface area contributed by atoms with Crippen LogP contribution in [0.25, 0.3) is 0 Å². The molecule has 2 saturated heterocycles. The van der Waals surface area contributed by atoms with E-state index in [-0.39, 0.29) is 24.2 Å². The van der Waals surface area contributed by atoms with E-state index in [0.29, 0.717) is 45.8 Å². The molecule has 1 N–H and O–H groups in total. The van der Waals surface area contributed by atoms with E-state index in [1.54, 1.807) is 0 Å². The Balaban J connectivity index is 1.50. The van der Waals surface area contributed by atoms with Crippen molar-refractivity contribution in [3.8, 4) is 0 Å². The van der Waals surface area contributed by atoms with Crippen LogP contribution < -0.4 is 5.32 Å². The maximum Gasteiger partial charge on any atom is 0.282 e. The molecule has 2 aliphatic heterocycles. The molecule has 2 aliphatic rings. The molecular weight excluding hydrogens is 404 g/mol. The van der Waals surface area contributed by atoms with Gasteiger partial charge >= 0.3 is 0 Å². The van der Waals surface area contributed by atoms with E-state index in [0.717, 1.165) is 5.56 Å². The van der Waals surface area contributed by atoms with Gasteiger partial charge in [0.15, 0.2) is 0 Å². The minimum atomic E-state index is -3.51. The summed E-state index contributed by atoms with van der Waals surface area (Å²) in [6.07, 6.45) is -0.218.